The smallest absolute Gasteiger partial charge is 0.255 e. The Morgan fingerprint density at radius 3 is 2.45 bits per heavy atom. The zero-order chi connectivity index (χ0) is 27.5. The van der Waals surface area contributed by atoms with E-state index in [9.17, 15) is 14.4 Å². The molecule has 3 heterocycles. The maximum absolute atomic E-state index is 13.4. The summed E-state index contributed by atoms with van der Waals surface area (Å²) in [5.41, 5.74) is 2.42. The van der Waals surface area contributed by atoms with Gasteiger partial charge in [0.2, 0.25) is 12.7 Å². The van der Waals surface area contributed by atoms with E-state index in [4.69, 9.17) is 9.47 Å². The van der Waals surface area contributed by atoms with Crippen LogP contribution in [0.2, 0.25) is 0 Å². The third kappa shape index (κ3) is 5.58. The van der Waals surface area contributed by atoms with Crippen molar-refractivity contribution >= 4 is 29.1 Å². The van der Waals surface area contributed by atoms with Gasteiger partial charge in [-0.25, -0.2) is 0 Å². The number of benzene rings is 2. The Kier molecular flexibility index (Phi) is 7.77. The summed E-state index contributed by atoms with van der Waals surface area (Å²) < 4.78 is 10.8. The van der Waals surface area contributed by atoms with Gasteiger partial charge >= 0.3 is 0 Å². The Morgan fingerprint density at radius 1 is 0.775 bits per heavy atom. The van der Waals surface area contributed by atoms with E-state index in [0.717, 1.165) is 64.0 Å². The van der Waals surface area contributed by atoms with Crippen LogP contribution in [0, 0.1) is 5.92 Å². The van der Waals surface area contributed by atoms with Crippen molar-refractivity contribution < 1.29 is 23.9 Å². The van der Waals surface area contributed by atoms with Crippen molar-refractivity contribution in [3.8, 4) is 11.5 Å². The summed E-state index contributed by atoms with van der Waals surface area (Å²) >= 11 is 0. The first-order chi connectivity index (χ1) is 19.6. The second-order valence-electron chi connectivity index (χ2n) is 10.9. The van der Waals surface area contributed by atoms with Gasteiger partial charge in [0.25, 0.3) is 11.8 Å². The predicted octanol–water partition coefficient (Wildman–Crippen LogP) is 2.94. The Labute approximate surface area is 234 Å². The number of nitrogens with one attached hydrogen (secondary N) is 2. The number of hydrogen-bond acceptors (Lipinski definition) is 7. The van der Waals surface area contributed by atoms with Crippen molar-refractivity contribution in [1.29, 1.82) is 0 Å². The van der Waals surface area contributed by atoms with Crippen LogP contribution in [-0.2, 0) is 4.79 Å². The number of carbonyl (C=O) groups is 3. The van der Waals surface area contributed by atoms with Gasteiger partial charge in [0.1, 0.15) is 0 Å². The van der Waals surface area contributed by atoms with E-state index in [1.807, 2.05) is 21.9 Å². The van der Waals surface area contributed by atoms with Crippen molar-refractivity contribution in [3.05, 3.63) is 47.5 Å². The minimum atomic E-state index is -0.292. The number of amides is 3. The maximum Gasteiger partial charge on any atom is 0.255 e. The molecule has 0 bridgehead atoms. The van der Waals surface area contributed by atoms with Crippen LogP contribution in [0.3, 0.4) is 0 Å². The molecule has 3 amide bonds. The molecule has 3 fully saturated rings. The molecule has 0 aromatic heterocycles. The molecule has 1 saturated carbocycles. The molecule has 3 aliphatic heterocycles. The molecule has 2 aromatic rings. The SMILES string of the molecule is O=C(Nc1cc(C(=O)N2CCCNCC2)ccc1N1CCCN(C(=O)C2CCC2)CC1)c1ccc2c(c1)OCO2. The van der Waals surface area contributed by atoms with Gasteiger partial charge < -0.3 is 34.8 Å². The lowest BCUT2D eigenvalue weighted by Crippen LogP contribution is -2.41. The Balaban J connectivity index is 1.25. The van der Waals surface area contributed by atoms with Crippen molar-refractivity contribution in [2.75, 3.05) is 69.4 Å². The first-order valence-corrected chi connectivity index (χ1v) is 14.5. The van der Waals surface area contributed by atoms with Crippen LogP contribution in [0.4, 0.5) is 11.4 Å². The van der Waals surface area contributed by atoms with Gasteiger partial charge in [0.15, 0.2) is 11.5 Å². The van der Waals surface area contributed by atoms with Crippen LogP contribution in [0.1, 0.15) is 52.8 Å². The highest BCUT2D eigenvalue weighted by Gasteiger charge is 2.31. The zero-order valence-electron chi connectivity index (χ0n) is 22.8. The van der Waals surface area contributed by atoms with Gasteiger partial charge in [-0.15, -0.1) is 0 Å². The van der Waals surface area contributed by atoms with Crippen LogP contribution in [0.5, 0.6) is 11.5 Å². The van der Waals surface area contributed by atoms with E-state index in [1.165, 1.54) is 0 Å². The largest absolute Gasteiger partial charge is 0.454 e. The molecule has 0 unspecified atom stereocenters. The Hall–Kier alpha value is -3.79. The van der Waals surface area contributed by atoms with E-state index in [1.54, 1.807) is 24.3 Å². The monoisotopic (exact) mass is 547 g/mol. The summed E-state index contributed by atoms with van der Waals surface area (Å²) in [5, 5.41) is 6.41. The molecule has 40 heavy (non-hydrogen) atoms. The molecule has 0 radical (unpaired) electrons. The van der Waals surface area contributed by atoms with Crippen molar-refractivity contribution in [1.82, 2.24) is 15.1 Å². The quantitative estimate of drug-likeness (QED) is 0.593. The summed E-state index contributed by atoms with van der Waals surface area (Å²) in [5.74, 6) is 1.28. The first kappa shape index (κ1) is 26.4. The normalized spacial score (nSPS) is 19.4. The number of fused-ring (bicyclic) bond motifs is 1. The number of hydrogen-bond donors (Lipinski definition) is 2. The molecule has 0 atom stereocenters. The average Bonchev–Trinajstić information content (AvgIpc) is 3.10. The summed E-state index contributed by atoms with van der Waals surface area (Å²) in [7, 11) is 0. The molecule has 0 spiro atoms. The van der Waals surface area contributed by atoms with Crippen molar-refractivity contribution in [3.63, 3.8) is 0 Å². The second-order valence-corrected chi connectivity index (χ2v) is 10.9. The van der Waals surface area contributed by atoms with Crippen molar-refractivity contribution in [2.24, 2.45) is 5.92 Å². The van der Waals surface area contributed by atoms with Gasteiger partial charge in [-0.2, -0.15) is 0 Å². The highest BCUT2D eigenvalue weighted by Crippen LogP contribution is 2.34. The van der Waals surface area contributed by atoms with Gasteiger partial charge in [-0.3, -0.25) is 14.4 Å². The maximum atomic E-state index is 13.4. The van der Waals surface area contributed by atoms with Crippen LogP contribution >= 0.6 is 0 Å². The number of carbonyl (C=O) groups excluding carboxylic acids is 3. The summed E-state index contributed by atoms with van der Waals surface area (Å²) in [6, 6.07) is 10.7. The fourth-order valence-electron chi connectivity index (χ4n) is 5.80. The van der Waals surface area contributed by atoms with Crippen LogP contribution in [-0.4, -0.2) is 86.7 Å². The van der Waals surface area contributed by atoms with E-state index < -0.39 is 0 Å². The molecule has 212 valence electrons. The first-order valence-electron chi connectivity index (χ1n) is 14.5. The molecule has 2 N–H and O–H groups in total. The summed E-state index contributed by atoms with van der Waals surface area (Å²) in [4.78, 5) is 45.9. The van der Waals surface area contributed by atoms with Crippen molar-refractivity contribution in [2.45, 2.75) is 32.1 Å². The molecule has 2 saturated heterocycles. The lowest BCUT2D eigenvalue weighted by molar-refractivity contribution is -0.137. The van der Waals surface area contributed by atoms with Crippen LogP contribution < -0.4 is 25.0 Å². The van der Waals surface area contributed by atoms with Gasteiger partial charge in [0, 0.05) is 62.9 Å². The zero-order valence-corrected chi connectivity index (χ0v) is 22.8. The second kappa shape index (κ2) is 11.8. The molecule has 6 rings (SSSR count). The van der Waals surface area contributed by atoms with E-state index in [-0.39, 0.29) is 30.4 Å². The fourth-order valence-corrected chi connectivity index (χ4v) is 5.80. The predicted molar refractivity (Wildman–Crippen MR) is 151 cm³/mol. The molecular weight excluding hydrogens is 510 g/mol. The van der Waals surface area contributed by atoms with Crippen LogP contribution in [0.25, 0.3) is 0 Å². The van der Waals surface area contributed by atoms with Gasteiger partial charge in [-0.05, 0) is 68.6 Å². The summed E-state index contributed by atoms with van der Waals surface area (Å²) in [6.07, 6.45) is 4.88. The fraction of sp³-hybridized carbons (Fsp3) is 0.500. The average molecular weight is 548 g/mol. The highest BCUT2D eigenvalue weighted by molar-refractivity contribution is 6.07. The third-order valence-corrected chi connectivity index (χ3v) is 8.36. The number of nitrogens with zero attached hydrogens (tertiary/aromatic N) is 3. The topological polar surface area (TPSA) is 103 Å². The molecule has 10 nitrogen and oxygen atoms in total. The molecule has 4 aliphatic rings. The van der Waals surface area contributed by atoms with E-state index >= 15 is 0 Å². The van der Waals surface area contributed by atoms with Crippen LogP contribution in [0.15, 0.2) is 36.4 Å². The summed E-state index contributed by atoms with van der Waals surface area (Å²) in [6.45, 7) is 5.95. The molecular formula is C30H37N5O5. The highest BCUT2D eigenvalue weighted by atomic mass is 16.7. The standard InChI is InChI=1S/C30H37N5O5/c36-28(22-7-9-26-27(19-22)40-20-39-26)32-24-18-23(30(38)34-12-2-10-31-11-15-34)6-8-25(24)33-13-3-14-35(17-16-33)29(37)21-4-1-5-21/h6-9,18-19,21,31H,1-5,10-17,20H2,(H,32,36). The van der Waals surface area contributed by atoms with E-state index in [0.29, 0.717) is 54.5 Å². The number of ether oxygens (including phenoxy) is 2. The van der Waals surface area contributed by atoms with Gasteiger partial charge in [0.05, 0.1) is 11.4 Å². The Bertz CT molecular complexity index is 1270. The Morgan fingerprint density at radius 2 is 1.60 bits per heavy atom. The minimum absolute atomic E-state index is 0.0398. The van der Waals surface area contributed by atoms with E-state index in [2.05, 4.69) is 15.5 Å². The third-order valence-electron chi connectivity index (χ3n) is 8.36. The lowest BCUT2D eigenvalue weighted by Gasteiger charge is -2.31. The minimum Gasteiger partial charge on any atom is -0.454 e. The molecule has 2 aromatic carbocycles. The van der Waals surface area contributed by atoms with Gasteiger partial charge in [-0.1, -0.05) is 6.42 Å². The number of rotatable bonds is 5. The number of anilines is 2. The lowest BCUT2D eigenvalue weighted by atomic mass is 9.84. The molecule has 10 heteroatoms. The molecule has 1 aliphatic carbocycles.